The predicted molar refractivity (Wildman–Crippen MR) is 105 cm³/mol. The maximum atomic E-state index is 14.7. The van der Waals surface area contributed by atoms with E-state index in [9.17, 15) is 17.6 Å². The number of alkyl halides is 3. The third-order valence-electron chi connectivity index (χ3n) is 4.76. The lowest BCUT2D eigenvalue weighted by atomic mass is 9.84. The van der Waals surface area contributed by atoms with E-state index in [0.717, 1.165) is 6.07 Å². The molecule has 7 nitrogen and oxygen atoms in total. The monoisotopic (exact) mass is 499 g/mol. The van der Waals surface area contributed by atoms with Crippen molar-refractivity contribution in [2.45, 2.75) is 31.2 Å². The number of hydrogen-bond donors (Lipinski definition) is 1. The Labute approximate surface area is 181 Å². The van der Waals surface area contributed by atoms with Crippen molar-refractivity contribution in [3.8, 4) is 22.8 Å². The lowest BCUT2D eigenvalue weighted by Crippen LogP contribution is -2.46. The van der Waals surface area contributed by atoms with Crippen molar-refractivity contribution >= 4 is 22.0 Å². The summed E-state index contributed by atoms with van der Waals surface area (Å²) < 4.78 is 65.0. The molecule has 0 aliphatic carbocycles. The molecule has 12 heteroatoms. The van der Waals surface area contributed by atoms with Crippen molar-refractivity contribution in [3.05, 3.63) is 52.5 Å². The molecule has 31 heavy (non-hydrogen) atoms. The van der Waals surface area contributed by atoms with E-state index in [0.29, 0.717) is 21.6 Å². The quantitative estimate of drug-likeness (QED) is 0.529. The molecule has 1 aliphatic rings. The van der Waals surface area contributed by atoms with Gasteiger partial charge in [-0.15, -0.1) is 0 Å². The van der Waals surface area contributed by atoms with Crippen LogP contribution in [0.2, 0.25) is 0 Å². The molecule has 0 amide bonds. The summed E-state index contributed by atoms with van der Waals surface area (Å²) in [6, 6.07) is 4.79. The SMILES string of the molecule is CC1(c2cc(-c3cc(-c4ncc(Br)cn4)no3)ccc2F)C[C@@H](C(F)(F)F)OC(N)=N1. The first-order valence-electron chi connectivity index (χ1n) is 8.89. The van der Waals surface area contributed by atoms with Gasteiger partial charge in [-0.25, -0.2) is 19.4 Å². The summed E-state index contributed by atoms with van der Waals surface area (Å²) in [6.07, 6.45) is -4.44. The lowest BCUT2D eigenvalue weighted by Gasteiger charge is -2.36. The largest absolute Gasteiger partial charge is 0.452 e. The van der Waals surface area contributed by atoms with Gasteiger partial charge < -0.3 is 15.0 Å². The summed E-state index contributed by atoms with van der Waals surface area (Å²) in [5.41, 5.74) is 4.52. The second-order valence-corrected chi connectivity index (χ2v) is 7.99. The van der Waals surface area contributed by atoms with Crippen LogP contribution in [-0.2, 0) is 10.3 Å². The Hall–Kier alpha value is -3.02. The number of ether oxygens (including phenoxy) is 1. The third kappa shape index (κ3) is 4.24. The number of rotatable bonds is 3. The van der Waals surface area contributed by atoms with Crippen molar-refractivity contribution in [1.29, 1.82) is 0 Å². The fraction of sp³-hybridized carbons (Fsp3) is 0.263. The lowest BCUT2D eigenvalue weighted by molar-refractivity contribution is -0.208. The number of halogens is 5. The Morgan fingerprint density at radius 1 is 1.19 bits per heavy atom. The molecule has 0 radical (unpaired) electrons. The van der Waals surface area contributed by atoms with Crippen LogP contribution in [-0.4, -0.2) is 33.4 Å². The molecule has 1 unspecified atom stereocenters. The summed E-state index contributed by atoms with van der Waals surface area (Å²) in [4.78, 5) is 12.2. The van der Waals surface area contributed by atoms with Gasteiger partial charge in [0, 0.05) is 36.0 Å². The number of nitrogens with zero attached hydrogens (tertiary/aromatic N) is 4. The van der Waals surface area contributed by atoms with Crippen LogP contribution in [0, 0.1) is 5.82 Å². The highest BCUT2D eigenvalue weighted by Gasteiger charge is 2.50. The minimum absolute atomic E-state index is 0.0802. The van der Waals surface area contributed by atoms with Gasteiger partial charge in [-0.3, -0.25) is 0 Å². The highest BCUT2D eigenvalue weighted by molar-refractivity contribution is 9.10. The summed E-state index contributed by atoms with van der Waals surface area (Å²) >= 11 is 3.23. The molecule has 0 saturated carbocycles. The Kier molecular flexibility index (Phi) is 5.20. The van der Waals surface area contributed by atoms with Crippen LogP contribution in [0.15, 0.2) is 50.6 Å². The topological polar surface area (TPSA) is 99.4 Å². The van der Waals surface area contributed by atoms with Crippen LogP contribution >= 0.6 is 15.9 Å². The van der Waals surface area contributed by atoms with Gasteiger partial charge in [-0.2, -0.15) is 13.2 Å². The van der Waals surface area contributed by atoms with Gasteiger partial charge in [0.25, 0.3) is 6.02 Å². The fourth-order valence-electron chi connectivity index (χ4n) is 3.27. The van der Waals surface area contributed by atoms with E-state index in [-0.39, 0.29) is 11.3 Å². The molecule has 0 spiro atoms. The van der Waals surface area contributed by atoms with Gasteiger partial charge in [-0.1, -0.05) is 5.16 Å². The van der Waals surface area contributed by atoms with Gasteiger partial charge >= 0.3 is 6.18 Å². The normalized spacial score (nSPS) is 21.5. The average molecular weight is 500 g/mol. The van der Waals surface area contributed by atoms with Crippen LogP contribution in [0.4, 0.5) is 17.6 Å². The standard InChI is InChI=1S/C19H14BrF4N5O2/c1-18(6-15(19(22,23)24)30-17(25)28-18)11-4-9(2-3-12(11)21)14-5-13(29-31-14)16-26-7-10(20)8-27-16/h2-5,7-8,15H,6H2,1H3,(H2,25,28)/t15-,18?/m0/s1. The molecule has 0 fully saturated rings. The van der Waals surface area contributed by atoms with Gasteiger partial charge in [-0.05, 0) is 41.1 Å². The van der Waals surface area contributed by atoms with Gasteiger partial charge in [0.15, 0.2) is 23.4 Å². The maximum absolute atomic E-state index is 14.7. The van der Waals surface area contributed by atoms with Gasteiger partial charge in [0.2, 0.25) is 0 Å². The highest BCUT2D eigenvalue weighted by Crippen LogP contribution is 2.41. The summed E-state index contributed by atoms with van der Waals surface area (Å²) in [6.45, 7) is 1.37. The van der Waals surface area contributed by atoms with E-state index in [1.54, 1.807) is 6.07 Å². The number of hydrogen-bond acceptors (Lipinski definition) is 7. The molecule has 3 heterocycles. The minimum Gasteiger partial charge on any atom is -0.452 e. The zero-order chi connectivity index (χ0) is 22.4. The van der Waals surface area contributed by atoms with Crippen LogP contribution in [0.3, 0.4) is 0 Å². The Bertz CT molecular complexity index is 1150. The van der Waals surface area contributed by atoms with Crippen LogP contribution in [0.1, 0.15) is 18.9 Å². The van der Waals surface area contributed by atoms with Crippen molar-refractivity contribution in [2.24, 2.45) is 10.7 Å². The predicted octanol–water partition coefficient (Wildman–Crippen LogP) is 4.58. The van der Waals surface area contributed by atoms with Crippen molar-refractivity contribution < 1.29 is 26.8 Å². The van der Waals surface area contributed by atoms with Crippen LogP contribution in [0.5, 0.6) is 0 Å². The number of nitrogens with two attached hydrogens (primary N) is 1. The van der Waals surface area contributed by atoms with E-state index in [1.165, 1.54) is 31.5 Å². The zero-order valence-corrected chi connectivity index (χ0v) is 17.4. The van der Waals surface area contributed by atoms with E-state index >= 15 is 0 Å². The molecule has 0 bridgehead atoms. The second-order valence-electron chi connectivity index (χ2n) is 7.07. The van der Waals surface area contributed by atoms with Crippen LogP contribution in [0.25, 0.3) is 22.8 Å². The Morgan fingerprint density at radius 3 is 2.58 bits per heavy atom. The van der Waals surface area contributed by atoms with E-state index in [1.807, 2.05) is 0 Å². The first kappa shape index (κ1) is 21.2. The number of aliphatic imine (C=N–C) groups is 1. The number of benzene rings is 1. The summed E-state index contributed by atoms with van der Waals surface area (Å²) in [5, 5.41) is 3.91. The first-order chi connectivity index (χ1) is 14.5. The van der Waals surface area contributed by atoms with E-state index in [2.05, 4.69) is 40.8 Å². The van der Waals surface area contributed by atoms with Gasteiger partial charge in [0.1, 0.15) is 5.82 Å². The molecule has 2 N–H and O–H groups in total. The van der Waals surface area contributed by atoms with Crippen molar-refractivity contribution in [2.75, 3.05) is 0 Å². The van der Waals surface area contributed by atoms with E-state index in [4.69, 9.17) is 10.3 Å². The average Bonchev–Trinajstić information content (AvgIpc) is 3.17. The van der Waals surface area contributed by atoms with E-state index < -0.39 is 36.1 Å². The highest BCUT2D eigenvalue weighted by atomic mass is 79.9. The minimum atomic E-state index is -4.68. The number of amidine groups is 1. The third-order valence-corrected chi connectivity index (χ3v) is 5.17. The van der Waals surface area contributed by atoms with Gasteiger partial charge in [0.05, 0.1) is 10.0 Å². The van der Waals surface area contributed by atoms with Crippen molar-refractivity contribution in [1.82, 2.24) is 15.1 Å². The number of aromatic nitrogens is 3. The molecule has 0 saturated heterocycles. The molecule has 1 aromatic carbocycles. The van der Waals surface area contributed by atoms with Crippen molar-refractivity contribution in [3.63, 3.8) is 0 Å². The van der Waals surface area contributed by atoms with Crippen LogP contribution < -0.4 is 5.73 Å². The molecule has 4 rings (SSSR count). The summed E-state index contributed by atoms with van der Waals surface area (Å²) in [7, 11) is 0. The molecular formula is C19H14BrF4N5O2. The first-order valence-corrected chi connectivity index (χ1v) is 9.68. The molecular weight excluding hydrogens is 486 g/mol. The Morgan fingerprint density at radius 2 is 1.90 bits per heavy atom. The summed E-state index contributed by atoms with van der Waals surface area (Å²) in [5.74, 6) is -0.174. The Balaban J connectivity index is 1.71. The molecule has 2 atom stereocenters. The molecule has 2 aromatic heterocycles. The fourth-order valence-corrected chi connectivity index (χ4v) is 3.47. The molecule has 3 aromatic rings. The molecule has 162 valence electrons. The molecule has 1 aliphatic heterocycles. The second kappa shape index (κ2) is 7.59. The zero-order valence-electron chi connectivity index (χ0n) is 15.8. The maximum Gasteiger partial charge on any atom is 0.425 e. The smallest absolute Gasteiger partial charge is 0.425 e.